The summed E-state index contributed by atoms with van der Waals surface area (Å²) >= 11 is 0. The Morgan fingerprint density at radius 1 is 1.10 bits per heavy atom. The van der Waals surface area contributed by atoms with Gasteiger partial charge in [0.25, 0.3) is 0 Å². The lowest BCUT2D eigenvalue weighted by molar-refractivity contribution is -0.137. The molecule has 1 unspecified atom stereocenters. The van der Waals surface area contributed by atoms with Gasteiger partial charge in [0, 0.05) is 11.8 Å². The van der Waals surface area contributed by atoms with Gasteiger partial charge in [-0.2, -0.15) is 13.2 Å². The van der Waals surface area contributed by atoms with Crippen LogP contribution in [-0.4, -0.2) is 17.4 Å². The van der Waals surface area contributed by atoms with Gasteiger partial charge in [0.2, 0.25) is 0 Å². The SMILES string of the molecule is OC(CCCC(F)(F)F)C1(c2ccccc2)CCCC1. The number of rotatable bonds is 5. The molecule has 1 N–H and O–H groups in total. The highest BCUT2D eigenvalue weighted by atomic mass is 19.4. The molecule has 0 heterocycles. The van der Waals surface area contributed by atoms with E-state index in [4.69, 9.17) is 0 Å². The summed E-state index contributed by atoms with van der Waals surface area (Å²) in [6.45, 7) is 0. The third kappa shape index (κ3) is 3.54. The van der Waals surface area contributed by atoms with Crippen LogP contribution >= 0.6 is 0 Å². The van der Waals surface area contributed by atoms with Crippen molar-refractivity contribution in [3.05, 3.63) is 35.9 Å². The van der Waals surface area contributed by atoms with Gasteiger partial charge in [-0.1, -0.05) is 43.2 Å². The normalized spacial score (nSPS) is 20.0. The van der Waals surface area contributed by atoms with E-state index in [9.17, 15) is 18.3 Å². The van der Waals surface area contributed by atoms with Crippen molar-refractivity contribution in [1.29, 1.82) is 0 Å². The summed E-state index contributed by atoms with van der Waals surface area (Å²) in [7, 11) is 0. The number of halogens is 3. The molecule has 1 aliphatic carbocycles. The molecule has 1 aromatic carbocycles. The molecule has 2 rings (SSSR count). The minimum absolute atomic E-state index is 0.000744. The first-order valence-corrected chi connectivity index (χ1v) is 7.24. The van der Waals surface area contributed by atoms with E-state index in [2.05, 4.69) is 0 Å². The fourth-order valence-corrected chi connectivity index (χ4v) is 3.36. The summed E-state index contributed by atoms with van der Waals surface area (Å²) < 4.78 is 36.7. The highest BCUT2D eigenvalue weighted by Crippen LogP contribution is 2.45. The fraction of sp³-hybridized carbons (Fsp3) is 0.625. The molecule has 1 atom stereocenters. The van der Waals surface area contributed by atoms with Gasteiger partial charge in [-0.25, -0.2) is 0 Å². The molecule has 1 nitrogen and oxygen atoms in total. The molecule has 1 aliphatic rings. The lowest BCUT2D eigenvalue weighted by Gasteiger charge is -2.35. The van der Waals surface area contributed by atoms with E-state index >= 15 is 0 Å². The molecule has 1 saturated carbocycles. The van der Waals surface area contributed by atoms with Crippen molar-refractivity contribution in [1.82, 2.24) is 0 Å². The Balaban J connectivity index is 2.05. The zero-order valence-corrected chi connectivity index (χ0v) is 11.5. The maximum Gasteiger partial charge on any atom is 0.389 e. The second-order valence-corrected chi connectivity index (χ2v) is 5.75. The van der Waals surface area contributed by atoms with Gasteiger partial charge in [-0.05, 0) is 31.2 Å². The number of alkyl halides is 3. The minimum Gasteiger partial charge on any atom is -0.392 e. The summed E-state index contributed by atoms with van der Waals surface area (Å²) in [5.74, 6) is 0. The predicted molar refractivity (Wildman–Crippen MR) is 72.5 cm³/mol. The van der Waals surface area contributed by atoms with Crippen molar-refractivity contribution in [3.8, 4) is 0 Å². The monoisotopic (exact) mass is 286 g/mol. The Bertz CT molecular complexity index is 407. The van der Waals surface area contributed by atoms with Crippen LogP contribution in [0.5, 0.6) is 0 Å². The lowest BCUT2D eigenvalue weighted by Crippen LogP contribution is -2.37. The molecule has 1 aromatic rings. The van der Waals surface area contributed by atoms with Crippen LogP contribution in [0.1, 0.15) is 50.5 Å². The van der Waals surface area contributed by atoms with Crippen LogP contribution in [0.2, 0.25) is 0 Å². The van der Waals surface area contributed by atoms with Crippen molar-refractivity contribution in [2.24, 2.45) is 0 Å². The van der Waals surface area contributed by atoms with Crippen molar-refractivity contribution in [2.45, 2.75) is 62.6 Å². The Kier molecular flexibility index (Phi) is 4.74. The molecule has 4 heteroatoms. The van der Waals surface area contributed by atoms with Crippen LogP contribution < -0.4 is 0 Å². The first-order chi connectivity index (χ1) is 9.44. The van der Waals surface area contributed by atoms with Crippen LogP contribution in [0.3, 0.4) is 0 Å². The summed E-state index contributed by atoms with van der Waals surface area (Å²) in [6, 6.07) is 9.74. The van der Waals surface area contributed by atoms with Crippen molar-refractivity contribution >= 4 is 0 Å². The molecule has 0 spiro atoms. The zero-order valence-electron chi connectivity index (χ0n) is 11.5. The summed E-state index contributed by atoms with van der Waals surface area (Å²) in [5, 5.41) is 10.5. The molecule has 20 heavy (non-hydrogen) atoms. The van der Waals surface area contributed by atoms with Crippen molar-refractivity contribution in [2.75, 3.05) is 0 Å². The second kappa shape index (κ2) is 6.17. The van der Waals surface area contributed by atoms with Crippen LogP contribution in [0.15, 0.2) is 30.3 Å². The second-order valence-electron chi connectivity index (χ2n) is 5.75. The topological polar surface area (TPSA) is 20.2 Å². The maximum atomic E-state index is 12.2. The largest absolute Gasteiger partial charge is 0.392 e. The molecular formula is C16H21F3O. The third-order valence-electron chi connectivity index (χ3n) is 4.42. The first kappa shape index (κ1) is 15.4. The molecule has 0 amide bonds. The Morgan fingerprint density at radius 2 is 1.70 bits per heavy atom. The van der Waals surface area contributed by atoms with E-state index in [1.54, 1.807) is 0 Å². The predicted octanol–water partition coefficient (Wildman–Crippen LogP) is 4.59. The van der Waals surface area contributed by atoms with E-state index < -0.39 is 18.7 Å². The summed E-state index contributed by atoms with van der Waals surface area (Å²) in [5.41, 5.74) is 0.726. The van der Waals surface area contributed by atoms with Crippen LogP contribution in [0.4, 0.5) is 13.2 Å². The number of hydrogen-bond donors (Lipinski definition) is 1. The van der Waals surface area contributed by atoms with E-state index in [-0.39, 0.29) is 18.3 Å². The minimum atomic E-state index is -4.13. The van der Waals surface area contributed by atoms with E-state index in [1.165, 1.54) is 0 Å². The number of aliphatic hydroxyl groups is 1. The quantitative estimate of drug-likeness (QED) is 0.839. The van der Waals surface area contributed by atoms with E-state index in [1.807, 2.05) is 30.3 Å². The van der Waals surface area contributed by atoms with Crippen LogP contribution in [0.25, 0.3) is 0 Å². The van der Waals surface area contributed by atoms with Gasteiger partial charge in [-0.15, -0.1) is 0 Å². The van der Waals surface area contributed by atoms with Gasteiger partial charge in [0.05, 0.1) is 6.10 Å². The molecule has 112 valence electrons. The average molecular weight is 286 g/mol. The molecule has 0 aromatic heterocycles. The fourth-order valence-electron chi connectivity index (χ4n) is 3.36. The van der Waals surface area contributed by atoms with E-state index in [0.717, 1.165) is 31.2 Å². The first-order valence-electron chi connectivity index (χ1n) is 7.24. The Labute approximate surface area is 117 Å². The Hall–Kier alpha value is -1.03. The summed E-state index contributed by atoms with van der Waals surface area (Å²) in [4.78, 5) is 0. The van der Waals surface area contributed by atoms with Gasteiger partial charge >= 0.3 is 6.18 Å². The number of aliphatic hydroxyl groups excluding tert-OH is 1. The van der Waals surface area contributed by atoms with Gasteiger partial charge < -0.3 is 5.11 Å². The molecule has 1 fully saturated rings. The highest BCUT2D eigenvalue weighted by Gasteiger charge is 2.42. The summed E-state index contributed by atoms with van der Waals surface area (Å²) in [6.07, 6.45) is -1.61. The smallest absolute Gasteiger partial charge is 0.389 e. The van der Waals surface area contributed by atoms with Crippen molar-refractivity contribution in [3.63, 3.8) is 0 Å². The average Bonchev–Trinajstić information content (AvgIpc) is 2.89. The van der Waals surface area contributed by atoms with Crippen LogP contribution in [0, 0.1) is 0 Å². The van der Waals surface area contributed by atoms with Crippen LogP contribution in [-0.2, 0) is 5.41 Å². The lowest BCUT2D eigenvalue weighted by atomic mass is 9.72. The Morgan fingerprint density at radius 3 is 2.25 bits per heavy atom. The molecule has 0 bridgehead atoms. The van der Waals surface area contributed by atoms with E-state index in [0.29, 0.717) is 0 Å². The maximum absolute atomic E-state index is 12.2. The highest BCUT2D eigenvalue weighted by molar-refractivity contribution is 5.28. The zero-order chi connectivity index (χ0) is 14.6. The van der Waals surface area contributed by atoms with Gasteiger partial charge in [-0.3, -0.25) is 0 Å². The molecular weight excluding hydrogens is 265 g/mol. The third-order valence-corrected chi connectivity index (χ3v) is 4.42. The number of hydrogen-bond acceptors (Lipinski definition) is 1. The molecule has 0 saturated heterocycles. The molecule has 0 aliphatic heterocycles. The van der Waals surface area contributed by atoms with Gasteiger partial charge in [0.15, 0.2) is 0 Å². The number of benzene rings is 1. The molecule has 0 radical (unpaired) electrons. The van der Waals surface area contributed by atoms with Gasteiger partial charge in [0.1, 0.15) is 0 Å². The van der Waals surface area contributed by atoms with Crippen molar-refractivity contribution < 1.29 is 18.3 Å². The standard InChI is InChI=1S/C16H21F3O/c17-16(18,19)12-6-9-14(20)15(10-4-5-11-15)13-7-2-1-3-8-13/h1-3,7-8,14,20H,4-6,9-12H2.